The molecule has 4 aliphatic rings. The second-order valence-corrected chi connectivity index (χ2v) is 9.79. The van der Waals surface area contributed by atoms with Crippen LogP contribution in [0.15, 0.2) is 0 Å². The lowest BCUT2D eigenvalue weighted by Gasteiger charge is -2.59. The molecule has 0 radical (unpaired) electrons. The first-order valence-corrected chi connectivity index (χ1v) is 10.5. The Kier molecular flexibility index (Phi) is 4.27. The Bertz CT molecular complexity index is 595. The highest BCUT2D eigenvalue weighted by Crippen LogP contribution is 2.66. The molecular formula is C22H33NO2. The predicted octanol–water partition coefficient (Wildman–Crippen LogP) is 4.75. The number of ketones is 1. The lowest BCUT2D eigenvalue weighted by molar-refractivity contribution is -0.163. The molecule has 3 nitrogen and oxygen atoms in total. The van der Waals surface area contributed by atoms with Crippen molar-refractivity contribution >= 4 is 5.78 Å². The maximum atomic E-state index is 13.4. The van der Waals surface area contributed by atoms with Crippen LogP contribution in [0.5, 0.6) is 0 Å². The lowest BCUT2D eigenvalue weighted by Crippen LogP contribution is -2.58. The zero-order valence-corrected chi connectivity index (χ0v) is 16.1. The van der Waals surface area contributed by atoms with Crippen molar-refractivity contribution in [2.24, 2.45) is 40.4 Å². The van der Waals surface area contributed by atoms with Gasteiger partial charge in [0.1, 0.15) is 5.78 Å². The maximum absolute atomic E-state index is 13.4. The predicted molar refractivity (Wildman–Crippen MR) is 96.6 cm³/mol. The van der Waals surface area contributed by atoms with Gasteiger partial charge in [-0.1, -0.05) is 13.8 Å². The Hall–Kier alpha value is -0.880. The van der Waals surface area contributed by atoms with E-state index < -0.39 is 0 Å². The first-order valence-electron chi connectivity index (χ1n) is 10.5. The van der Waals surface area contributed by atoms with E-state index >= 15 is 0 Å². The monoisotopic (exact) mass is 343 g/mol. The molecule has 0 aliphatic heterocycles. The topological polar surface area (TPSA) is 50.1 Å². The van der Waals surface area contributed by atoms with E-state index in [0.717, 1.165) is 32.3 Å². The van der Waals surface area contributed by atoms with Gasteiger partial charge in [-0.15, -0.1) is 0 Å². The number of hydrogen-bond acceptors (Lipinski definition) is 3. The summed E-state index contributed by atoms with van der Waals surface area (Å²) in [4.78, 5) is 13.4. The Labute approximate surface area is 152 Å². The van der Waals surface area contributed by atoms with E-state index in [-0.39, 0.29) is 22.7 Å². The average molecular weight is 344 g/mol. The maximum Gasteiger partial charge on any atom is 0.137 e. The number of carbonyl (C=O) groups is 1. The van der Waals surface area contributed by atoms with Gasteiger partial charge >= 0.3 is 0 Å². The summed E-state index contributed by atoms with van der Waals surface area (Å²) in [5.74, 6) is 2.53. The lowest BCUT2D eigenvalue weighted by atomic mass is 9.44. The van der Waals surface area contributed by atoms with Crippen molar-refractivity contribution < 1.29 is 9.53 Å². The van der Waals surface area contributed by atoms with E-state index in [1.807, 2.05) is 0 Å². The van der Waals surface area contributed by atoms with Crippen LogP contribution in [-0.2, 0) is 9.53 Å². The standard InChI is InChI=1S/C22H33NO2/c1-4-25-16-8-5-14-6-9-17-18-10-7-15(13-23)21(18,2)12-19(24)20(17)22(14,3)11-16/h14-18,20H,4-12H2,1-3H3/t14?,15-,16-,17+,18?,20?,21-,22+/m1/s1. The van der Waals surface area contributed by atoms with Crippen LogP contribution in [-0.4, -0.2) is 18.5 Å². The van der Waals surface area contributed by atoms with Crippen LogP contribution in [0.1, 0.15) is 72.1 Å². The molecular weight excluding hydrogens is 310 g/mol. The number of ether oxygens (including phenoxy) is 1. The second kappa shape index (κ2) is 6.08. The molecule has 0 spiro atoms. The minimum atomic E-state index is -0.0653. The highest BCUT2D eigenvalue weighted by atomic mass is 16.5. The van der Waals surface area contributed by atoms with Crippen LogP contribution in [0, 0.1) is 51.8 Å². The fourth-order valence-electron chi connectivity index (χ4n) is 7.72. The molecule has 8 atom stereocenters. The van der Waals surface area contributed by atoms with Gasteiger partial charge in [0.25, 0.3) is 0 Å². The van der Waals surface area contributed by atoms with Gasteiger partial charge in [0, 0.05) is 18.9 Å². The molecule has 0 aromatic heterocycles. The van der Waals surface area contributed by atoms with Crippen molar-refractivity contribution in [2.45, 2.75) is 78.2 Å². The van der Waals surface area contributed by atoms with Gasteiger partial charge in [-0.05, 0) is 80.5 Å². The summed E-state index contributed by atoms with van der Waals surface area (Å²) in [7, 11) is 0. The summed E-state index contributed by atoms with van der Waals surface area (Å²) in [6.45, 7) is 7.50. The molecule has 25 heavy (non-hydrogen) atoms. The third kappa shape index (κ3) is 2.43. The molecule has 0 saturated heterocycles. The molecule has 3 unspecified atom stereocenters. The number of hydrogen-bond donors (Lipinski definition) is 0. The smallest absolute Gasteiger partial charge is 0.137 e. The first kappa shape index (κ1) is 17.5. The number of carbonyl (C=O) groups excluding carboxylic acids is 1. The number of fused-ring (bicyclic) bond motifs is 5. The quantitative estimate of drug-likeness (QED) is 0.727. The van der Waals surface area contributed by atoms with Crippen LogP contribution in [0.25, 0.3) is 0 Å². The molecule has 0 aromatic rings. The van der Waals surface area contributed by atoms with E-state index in [1.54, 1.807) is 0 Å². The molecule has 0 amide bonds. The Morgan fingerprint density at radius 1 is 1.12 bits per heavy atom. The normalized spacial score (nSPS) is 52.0. The van der Waals surface area contributed by atoms with Crippen molar-refractivity contribution in [3.63, 3.8) is 0 Å². The molecule has 0 bridgehead atoms. The van der Waals surface area contributed by atoms with Gasteiger partial charge in [0.15, 0.2) is 0 Å². The van der Waals surface area contributed by atoms with Crippen molar-refractivity contribution in [1.82, 2.24) is 0 Å². The summed E-state index contributed by atoms with van der Waals surface area (Å²) >= 11 is 0. The molecule has 3 heteroatoms. The van der Waals surface area contributed by atoms with Gasteiger partial charge in [0.2, 0.25) is 0 Å². The Morgan fingerprint density at radius 3 is 2.60 bits per heavy atom. The van der Waals surface area contributed by atoms with E-state index in [4.69, 9.17) is 4.74 Å². The zero-order chi connectivity index (χ0) is 17.8. The first-order chi connectivity index (χ1) is 11.9. The Morgan fingerprint density at radius 2 is 1.88 bits per heavy atom. The fourth-order valence-corrected chi connectivity index (χ4v) is 7.72. The van der Waals surface area contributed by atoms with E-state index in [1.165, 1.54) is 19.3 Å². The summed E-state index contributed by atoms with van der Waals surface area (Å²) in [6.07, 6.45) is 9.04. The average Bonchev–Trinajstić information content (AvgIpc) is 2.89. The fraction of sp³-hybridized carbons (Fsp3) is 0.909. The van der Waals surface area contributed by atoms with E-state index in [0.29, 0.717) is 36.1 Å². The second-order valence-electron chi connectivity index (χ2n) is 9.79. The summed E-state index contributed by atoms with van der Waals surface area (Å²) in [6, 6.07) is 2.54. The molecule has 4 aliphatic carbocycles. The van der Waals surface area contributed by atoms with Crippen molar-refractivity contribution in [3.05, 3.63) is 0 Å². The van der Waals surface area contributed by atoms with Gasteiger partial charge in [-0.25, -0.2) is 0 Å². The van der Waals surface area contributed by atoms with Gasteiger partial charge in [0.05, 0.1) is 18.1 Å². The van der Waals surface area contributed by atoms with Crippen LogP contribution in [0.4, 0.5) is 0 Å². The van der Waals surface area contributed by atoms with Crippen molar-refractivity contribution in [3.8, 4) is 6.07 Å². The minimum absolute atomic E-state index is 0.0653. The molecule has 0 N–H and O–H groups in total. The van der Waals surface area contributed by atoms with Crippen molar-refractivity contribution in [1.29, 1.82) is 5.26 Å². The third-order valence-electron chi connectivity index (χ3n) is 8.81. The molecule has 138 valence electrons. The van der Waals surface area contributed by atoms with Crippen LogP contribution >= 0.6 is 0 Å². The SMILES string of the molecule is CCO[C@@H]1CCC2CC[C@@H]3C(C(=O)C[C@@]4(C)C3CC[C@@H]4C#N)[C@@]2(C)C1. The van der Waals surface area contributed by atoms with Gasteiger partial charge < -0.3 is 4.74 Å². The molecule has 4 rings (SSSR count). The Balaban J connectivity index is 1.66. The third-order valence-corrected chi connectivity index (χ3v) is 8.81. The molecule has 0 heterocycles. The van der Waals surface area contributed by atoms with Crippen LogP contribution in [0.2, 0.25) is 0 Å². The number of rotatable bonds is 2. The van der Waals surface area contributed by atoms with Gasteiger partial charge in [-0.2, -0.15) is 5.26 Å². The number of nitrogens with zero attached hydrogens (tertiary/aromatic N) is 1. The van der Waals surface area contributed by atoms with E-state index in [9.17, 15) is 10.1 Å². The molecule has 4 saturated carbocycles. The zero-order valence-electron chi connectivity index (χ0n) is 16.1. The van der Waals surface area contributed by atoms with Crippen molar-refractivity contribution in [2.75, 3.05) is 6.61 Å². The number of nitriles is 1. The summed E-state index contributed by atoms with van der Waals surface area (Å²) in [5, 5.41) is 9.61. The largest absolute Gasteiger partial charge is 0.378 e. The number of Topliss-reactive ketones (excluding diaryl/α,β-unsaturated/α-hetero) is 1. The molecule has 4 fully saturated rings. The minimum Gasteiger partial charge on any atom is -0.378 e. The van der Waals surface area contributed by atoms with Crippen LogP contribution in [0.3, 0.4) is 0 Å². The summed E-state index contributed by atoms with van der Waals surface area (Å²) < 4.78 is 6.00. The summed E-state index contributed by atoms with van der Waals surface area (Å²) in [5.41, 5.74) is 0.0499. The highest BCUT2D eigenvalue weighted by molar-refractivity contribution is 5.84. The molecule has 0 aromatic carbocycles. The van der Waals surface area contributed by atoms with Crippen LogP contribution < -0.4 is 0 Å². The highest BCUT2D eigenvalue weighted by Gasteiger charge is 2.63. The van der Waals surface area contributed by atoms with Gasteiger partial charge in [-0.3, -0.25) is 4.79 Å². The van der Waals surface area contributed by atoms with E-state index in [2.05, 4.69) is 26.8 Å².